The number of ether oxygens (including phenoxy) is 5. The van der Waals surface area contributed by atoms with Crippen LogP contribution in [0.4, 0.5) is 0 Å². The lowest BCUT2D eigenvalue weighted by molar-refractivity contribution is -0.380. The van der Waals surface area contributed by atoms with Crippen molar-refractivity contribution in [2.45, 2.75) is 123 Å². The average Bonchev–Trinajstić information content (AvgIpc) is 3.40. The van der Waals surface area contributed by atoms with E-state index in [0.717, 1.165) is 0 Å². The molecule has 0 amide bonds. The monoisotopic (exact) mass is 585 g/mol. The van der Waals surface area contributed by atoms with Crippen LogP contribution in [-0.2, 0) is 23.7 Å². The fraction of sp³-hybridized carbons (Fsp3) is 1.00. The highest BCUT2D eigenvalue weighted by Crippen LogP contribution is 2.46. The zero-order valence-electron chi connectivity index (χ0n) is 21.8. The first-order chi connectivity index (χ1) is 18.9. The number of hydrogen-bond donors (Lipinski definition) is 12. The molecule has 2 unspecified atom stereocenters. The van der Waals surface area contributed by atoms with Crippen molar-refractivity contribution < 1.29 is 69.6 Å². The molecule has 15 N–H and O–H groups in total. The predicted octanol–water partition coefficient (Wildman–Crippen LogP) is -7.00. The summed E-state index contributed by atoms with van der Waals surface area (Å²) >= 11 is 0. The third-order valence-corrected chi connectivity index (χ3v) is 8.69. The molecule has 4 fully saturated rings. The van der Waals surface area contributed by atoms with E-state index in [1.807, 2.05) is 0 Å². The predicted molar refractivity (Wildman–Crippen MR) is 130 cm³/mol. The fourth-order valence-corrected chi connectivity index (χ4v) is 6.13. The maximum Gasteiger partial charge on any atom is 0.176 e. The lowest BCUT2D eigenvalue weighted by Gasteiger charge is -2.55. The Morgan fingerprint density at radius 1 is 0.700 bits per heavy atom. The van der Waals surface area contributed by atoms with E-state index in [2.05, 4.69) is 0 Å². The van der Waals surface area contributed by atoms with E-state index >= 15 is 0 Å². The van der Waals surface area contributed by atoms with Crippen LogP contribution in [-0.4, -0.2) is 163 Å². The van der Waals surface area contributed by atoms with Crippen molar-refractivity contribution in [1.29, 1.82) is 0 Å². The summed E-state index contributed by atoms with van der Waals surface area (Å²) in [7, 11) is 0. The highest BCUT2D eigenvalue weighted by Gasteiger charge is 2.64. The summed E-state index contributed by atoms with van der Waals surface area (Å²) in [5, 5.41) is 94.2. The number of nitrogens with two attached hydrogens (primary N) is 3. The van der Waals surface area contributed by atoms with Gasteiger partial charge in [-0.15, -0.1) is 0 Å². The zero-order chi connectivity index (χ0) is 29.6. The largest absolute Gasteiger partial charge is 0.394 e. The molecule has 0 aromatic heterocycles. The Morgan fingerprint density at radius 3 is 1.75 bits per heavy atom. The van der Waals surface area contributed by atoms with Crippen LogP contribution >= 0.6 is 0 Å². The summed E-state index contributed by atoms with van der Waals surface area (Å²) < 4.78 is 28.4. The van der Waals surface area contributed by atoms with Crippen LogP contribution in [0.15, 0.2) is 0 Å². The first-order valence-corrected chi connectivity index (χ1v) is 13.4. The molecule has 0 bridgehead atoms. The second kappa shape index (κ2) is 12.5. The highest BCUT2D eigenvalue weighted by molar-refractivity contribution is 5.13. The number of rotatable bonds is 8. The van der Waals surface area contributed by atoms with Gasteiger partial charge in [0.15, 0.2) is 24.5 Å². The van der Waals surface area contributed by atoms with Crippen molar-refractivity contribution in [3.63, 3.8) is 0 Å². The van der Waals surface area contributed by atoms with Crippen LogP contribution in [0.3, 0.4) is 0 Å². The number of hydrogen-bond acceptors (Lipinski definition) is 17. The van der Waals surface area contributed by atoms with Crippen LogP contribution in [0.1, 0.15) is 25.7 Å². The summed E-state index contributed by atoms with van der Waals surface area (Å²) in [5.74, 6) is 0. The Kier molecular flexibility index (Phi) is 10.1. The van der Waals surface area contributed by atoms with Crippen molar-refractivity contribution in [2.75, 3.05) is 19.8 Å². The maximum atomic E-state index is 11.3. The first-order valence-electron chi connectivity index (χ1n) is 13.4. The van der Waals surface area contributed by atoms with Crippen molar-refractivity contribution in [2.24, 2.45) is 17.2 Å². The Labute approximate surface area is 229 Å². The topological polar surface area (TPSA) is 306 Å². The van der Waals surface area contributed by atoms with E-state index in [1.165, 1.54) is 0 Å². The van der Waals surface area contributed by atoms with Gasteiger partial charge in [-0.05, 0) is 12.8 Å². The molecule has 4 rings (SSSR count). The fourth-order valence-electron chi connectivity index (χ4n) is 6.13. The Bertz CT molecular complexity index is 837. The van der Waals surface area contributed by atoms with Crippen LogP contribution in [0.5, 0.6) is 0 Å². The first kappa shape index (κ1) is 32.2. The van der Waals surface area contributed by atoms with Crippen LogP contribution in [0, 0.1) is 0 Å². The van der Waals surface area contributed by atoms with Gasteiger partial charge in [-0.3, -0.25) is 0 Å². The van der Waals surface area contributed by atoms with Crippen molar-refractivity contribution >= 4 is 0 Å². The van der Waals surface area contributed by atoms with Crippen molar-refractivity contribution in [1.82, 2.24) is 0 Å². The minimum Gasteiger partial charge on any atom is -0.394 e. The van der Waals surface area contributed by atoms with Crippen molar-refractivity contribution in [3.05, 3.63) is 0 Å². The molecule has 1 saturated carbocycles. The Morgan fingerprint density at radius 2 is 1.20 bits per heavy atom. The lowest BCUT2D eigenvalue weighted by Crippen LogP contribution is -2.76. The SMILES string of the molecule is N[C@H]1[C@@H](OC2[C@@H](CO)O[C@@H](OC3[C@@H](CO)O[C@@H](O)[C@H](N)[C@H]3O)[C@H](N)[C@H]2O)O[C@@](CO)(C2(O)CCCC2)[C@@H](O)[C@@H]1O. The molecule has 17 nitrogen and oxygen atoms in total. The molecule has 1 aliphatic carbocycles. The second-order valence-electron chi connectivity index (χ2n) is 11.1. The van der Waals surface area contributed by atoms with E-state index in [9.17, 15) is 46.0 Å². The van der Waals surface area contributed by atoms with Gasteiger partial charge in [0, 0.05) is 0 Å². The van der Waals surface area contributed by atoms with Crippen LogP contribution in [0.2, 0.25) is 0 Å². The minimum absolute atomic E-state index is 0.171. The molecule has 0 aromatic rings. The highest BCUT2D eigenvalue weighted by atomic mass is 16.7. The normalized spacial score (nSPS) is 51.6. The molecule has 0 radical (unpaired) electrons. The van der Waals surface area contributed by atoms with Crippen LogP contribution < -0.4 is 17.2 Å². The summed E-state index contributed by atoms with van der Waals surface area (Å²) in [5.41, 5.74) is 14.2. The molecular weight excluding hydrogens is 542 g/mol. The van der Waals surface area contributed by atoms with Gasteiger partial charge in [-0.25, -0.2) is 0 Å². The molecule has 0 aromatic carbocycles. The second-order valence-corrected chi connectivity index (χ2v) is 11.1. The molecule has 17 heteroatoms. The molecular formula is C23H43N3O14. The average molecular weight is 586 g/mol. The molecule has 234 valence electrons. The van der Waals surface area contributed by atoms with Gasteiger partial charge in [-0.1, -0.05) is 12.8 Å². The van der Waals surface area contributed by atoms with E-state index in [4.69, 9.17) is 40.9 Å². The summed E-state index contributed by atoms with van der Waals surface area (Å²) in [4.78, 5) is 0. The van der Waals surface area contributed by atoms with Gasteiger partial charge >= 0.3 is 0 Å². The van der Waals surface area contributed by atoms with Crippen LogP contribution in [0.25, 0.3) is 0 Å². The smallest absolute Gasteiger partial charge is 0.176 e. The minimum atomic E-state index is -2.06. The Hall–Kier alpha value is -0.680. The molecule has 4 aliphatic rings. The quantitative estimate of drug-likeness (QED) is 0.126. The molecule has 3 saturated heterocycles. The molecule has 0 spiro atoms. The van der Waals surface area contributed by atoms with E-state index in [0.29, 0.717) is 12.8 Å². The van der Waals surface area contributed by atoms with Gasteiger partial charge in [-0.2, -0.15) is 0 Å². The zero-order valence-corrected chi connectivity index (χ0v) is 21.8. The molecule has 3 aliphatic heterocycles. The van der Waals surface area contributed by atoms with Gasteiger partial charge in [0.25, 0.3) is 0 Å². The molecule has 3 heterocycles. The molecule has 15 atom stereocenters. The number of aliphatic hydroxyl groups excluding tert-OH is 8. The van der Waals surface area contributed by atoms with Crippen molar-refractivity contribution in [3.8, 4) is 0 Å². The standard InChI is InChI=1S/C23H43N3O14/c24-10-13(30)16(8(5-27)36-19(10)34)38-20-11(25)14(31)17(9(6-28)37-20)39-21-12(26)15(32)18(33)23(7-29,40-21)22(35)3-1-2-4-22/h8-21,27-35H,1-7,24-26H2/t8-,9-,10-,11-,12-,13-,14-,15-,16?,17?,18+,19-,20+,21+,23-/m1/s1. The third kappa shape index (κ3) is 5.42. The summed E-state index contributed by atoms with van der Waals surface area (Å²) in [6.07, 6.45) is -15.2. The Balaban J connectivity index is 1.52. The lowest BCUT2D eigenvalue weighted by atomic mass is 9.73. The van der Waals surface area contributed by atoms with Gasteiger partial charge in [0.2, 0.25) is 0 Å². The van der Waals surface area contributed by atoms with E-state index in [-0.39, 0.29) is 12.8 Å². The third-order valence-electron chi connectivity index (χ3n) is 8.69. The van der Waals surface area contributed by atoms with Gasteiger partial charge in [0.05, 0.1) is 43.5 Å². The summed E-state index contributed by atoms with van der Waals surface area (Å²) in [6.45, 7) is -2.30. The van der Waals surface area contributed by atoms with Gasteiger partial charge < -0.3 is 86.8 Å². The molecule has 40 heavy (non-hydrogen) atoms. The number of aliphatic hydroxyl groups is 9. The van der Waals surface area contributed by atoms with E-state index in [1.54, 1.807) is 0 Å². The van der Waals surface area contributed by atoms with E-state index < -0.39 is 117 Å². The maximum absolute atomic E-state index is 11.3. The van der Waals surface area contributed by atoms with Gasteiger partial charge in [0.1, 0.15) is 48.8 Å². The summed E-state index contributed by atoms with van der Waals surface area (Å²) in [6, 6.07) is -4.10.